The normalized spacial score (nSPS) is 14.1. The Bertz CT molecular complexity index is 1200. The number of fused-ring (bicyclic) bond motifs is 1. The molecule has 3 rings (SSSR count). The van der Waals surface area contributed by atoms with E-state index in [4.69, 9.17) is 0 Å². The number of nitrogens with zero attached hydrogens (tertiary/aromatic N) is 4. The van der Waals surface area contributed by atoms with E-state index in [0.717, 1.165) is 23.5 Å². The van der Waals surface area contributed by atoms with Crippen LogP contribution in [0.25, 0.3) is 11.1 Å². The largest absolute Gasteiger partial charge is 0.341 e. The Morgan fingerprint density at radius 1 is 0.967 bits per heavy atom. The summed E-state index contributed by atoms with van der Waals surface area (Å²) in [7, 11) is 0. The number of halogens is 1. The molecule has 0 N–H and O–H groups in total. The molecule has 4 nitrogen and oxygen atoms in total. The summed E-state index contributed by atoms with van der Waals surface area (Å²) >= 11 is 2.17. The Kier molecular flexibility index (Phi) is 6.86. The summed E-state index contributed by atoms with van der Waals surface area (Å²) in [5.74, 6) is 0. The van der Waals surface area contributed by atoms with Crippen LogP contribution in [0, 0.1) is 34.0 Å². The quantitative estimate of drug-likeness (QED) is 0.374. The van der Waals surface area contributed by atoms with Gasteiger partial charge in [-0.1, -0.05) is 71.1 Å². The van der Waals surface area contributed by atoms with E-state index in [1.807, 2.05) is 83.0 Å². The Labute approximate surface area is 190 Å². The molecule has 2 aromatic carbocycles. The molecule has 0 radical (unpaired) electrons. The lowest BCUT2D eigenvalue weighted by Crippen LogP contribution is -2.25. The van der Waals surface area contributed by atoms with E-state index in [9.17, 15) is 15.8 Å². The van der Waals surface area contributed by atoms with Crippen LogP contribution in [-0.2, 0) is 0 Å². The molecule has 30 heavy (non-hydrogen) atoms. The van der Waals surface area contributed by atoms with E-state index in [0.29, 0.717) is 22.3 Å². The Morgan fingerprint density at radius 3 is 2.23 bits per heavy atom. The average Bonchev–Trinajstić information content (AvgIpc) is 2.80. The third-order valence-electron chi connectivity index (χ3n) is 4.81. The van der Waals surface area contributed by atoms with Gasteiger partial charge in [0.1, 0.15) is 23.8 Å². The standard InChI is InChI=1S/C25H17IN4/c1-2-30-20(12-13-26)14-22(21-10-6-7-11-24(21)30)23(17-29)25(19(15-27)16-28)18-8-4-3-5-9-18/h3-14H,2H2,1H3/b13-12+,23-22+. The first-order valence-corrected chi connectivity index (χ1v) is 10.5. The van der Waals surface area contributed by atoms with Gasteiger partial charge in [-0.25, -0.2) is 0 Å². The fourth-order valence-corrected chi connectivity index (χ4v) is 3.92. The molecular formula is C25H17IN4. The highest BCUT2D eigenvalue weighted by atomic mass is 127. The van der Waals surface area contributed by atoms with Crippen LogP contribution in [0.2, 0.25) is 0 Å². The predicted molar refractivity (Wildman–Crippen MR) is 128 cm³/mol. The molecule has 0 saturated heterocycles. The average molecular weight is 500 g/mol. The van der Waals surface area contributed by atoms with Gasteiger partial charge < -0.3 is 4.90 Å². The van der Waals surface area contributed by atoms with Gasteiger partial charge in [0.15, 0.2) is 0 Å². The number of likely N-dealkylation sites (N-methyl/N-ethyl adjacent to an activating group) is 1. The maximum atomic E-state index is 10.2. The molecule has 2 aromatic rings. The van der Waals surface area contributed by atoms with Gasteiger partial charge in [0.25, 0.3) is 0 Å². The van der Waals surface area contributed by atoms with Crippen LogP contribution < -0.4 is 4.90 Å². The lowest BCUT2D eigenvalue weighted by Gasteiger charge is -2.32. The van der Waals surface area contributed by atoms with Crippen LogP contribution >= 0.6 is 22.6 Å². The lowest BCUT2D eigenvalue weighted by atomic mass is 9.86. The van der Waals surface area contributed by atoms with Crippen molar-refractivity contribution in [2.24, 2.45) is 0 Å². The number of benzene rings is 2. The van der Waals surface area contributed by atoms with E-state index < -0.39 is 0 Å². The van der Waals surface area contributed by atoms with Crippen molar-refractivity contribution in [3.05, 3.63) is 98.8 Å². The molecule has 0 bridgehead atoms. The zero-order valence-corrected chi connectivity index (χ0v) is 18.5. The van der Waals surface area contributed by atoms with Crippen LogP contribution in [0.1, 0.15) is 18.1 Å². The molecule has 0 fully saturated rings. The highest BCUT2D eigenvalue weighted by Gasteiger charge is 2.25. The highest BCUT2D eigenvalue weighted by Crippen LogP contribution is 2.41. The van der Waals surface area contributed by atoms with Crippen molar-refractivity contribution < 1.29 is 0 Å². The number of nitriles is 3. The van der Waals surface area contributed by atoms with Crippen LogP contribution in [0.15, 0.2) is 87.7 Å². The maximum Gasteiger partial charge on any atom is 0.138 e. The first-order valence-electron chi connectivity index (χ1n) is 9.30. The second-order valence-corrected chi connectivity index (χ2v) is 7.08. The number of anilines is 1. The van der Waals surface area contributed by atoms with Gasteiger partial charge in [-0.05, 0) is 34.8 Å². The summed E-state index contributed by atoms with van der Waals surface area (Å²) in [6.45, 7) is 2.84. The fourth-order valence-electron chi connectivity index (χ4n) is 3.55. The molecule has 1 heterocycles. The minimum absolute atomic E-state index is 0.0833. The van der Waals surface area contributed by atoms with E-state index in [2.05, 4.69) is 40.5 Å². The molecule has 1 aliphatic rings. The predicted octanol–water partition coefficient (Wildman–Crippen LogP) is 6.14. The topological polar surface area (TPSA) is 74.6 Å². The maximum absolute atomic E-state index is 10.2. The van der Waals surface area contributed by atoms with Crippen molar-refractivity contribution in [3.63, 3.8) is 0 Å². The SMILES string of the molecule is CCN1C(/C=C/I)=CC(=C(/C#N)C(=C(C#N)C#N)c2ccccc2)/c2ccccc21. The second-order valence-electron chi connectivity index (χ2n) is 6.36. The molecule has 0 aromatic heterocycles. The smallest absolute Gasteiger partial charge is 0.138 e. The molecule has 144 valence electrons. The zero-order valence-electron chi connectivity index (χ0n) is 16.3. The van der Waals surface area contributed by atoms with Gasteiger partial charge in [0.2, 0.25) is 0 Å². The van der Waals surface area contributed by atoms with Gasteiger partial charge in [0, 0.05) is 34.6 Å². The van der Waals surface area contributed by atoms with E-state index >= 15 is 0 Å². The van der Waals surface area contributed by atoms with E-state index in [-0.39, 0.29) is 5.57 Å². The fraction of sp³-hybridized carbons (Fsp3) is 0.0800. The minimum atomic E-state index is -0.0833. The summed E-state index contributed by atoms with van der Waals surface area (Å²) in [6, 6.07) is 23.2. The van der Waals surface area contributed by atoms with Crippen LogP contribution in [0.4, 0.5) is 5.69 Å². The Hall–Kier alpha value is -3.60. The molecular weight excluding hydrogens is 483 g/mol. The third-order valence-corrected chi connectivity index (χ3v) is 5.17. The van der Waals surface area contributed by atoms with Crippen molar-refractivity contribution in [1.29, 1.82) is 15.8 Å². The molecule has 5 heteroatoms. The van der Waals surface area contributed by atoms with Gasteiger partial charge in [-0.3, -0.25) is 0 Å². The number of allylic oxidation sites excluding steroid dienone is 6. The molecule has 0 atom stereocenters. The van der Waals surface area contributed by atoms with Crippen molar-refractivity contribution in [3.8, 4) is 18.2 Å². The number of hydrogen-bond acceptors (Lipinski definition) is 4. The highest BCUT2D eigenvalue weighted by molar-refractivity contribution is 14.1. The molecule has 0 amide bonds. The van der Waals surface area contributed by atoms with Crippen molar-refractivity contribution >= 4 is 39.4 Å². The molecule has 0 unspecified atom stereocenters. The molecule has 0 saturated carbocycles. The van der Waals surface area contributed by atoms with Crippen molar-refractivity contribution in [2.75, 3.05) is 11.4 Å². The van der Waals surface area contributed by atoms with Gasteiger partial charge in [0.05, 0.1) is 5.57 Å². The number of hydrogen-bond donors (Lipinski definition) is 0. The Balaban J connectivity index is 2.45. The van der Waals surface area contributed by atoms with Crippen LogP contribution in [0.3, 0.4) is 0 Å². The number of para-hydroxylation sites is 1. The summed E-state index contributed by atoms with van der Waals surface area (Å²) in [4.78, 5) is 2.17. The van der Waals surface area contributed by atoms with E-state index in [1.54, 1.807) is 0 Å². The minimum Gasteiger partial charge on any atom is -0.341 e. The van der Waals surface area contributed by atoms with E-state index in [1.165, 1.54) is 0 Å². The summed E-state index contributed by atoms with van der Waals surface area (Å²) in [5.41, 5.74) is 4.76. The molecule has 1 aliphatic heterocycles. The van der Waals surface area contributed by atoms with Gasteiger partial charge in [-0.2, -0.15) is 15.8 Å². The summed E-state index contributed by atoms with van der Waals surface area (Å²) in [6.07, 6.45) is 3.94. The first-order chi connectivity index (χ1) is 14.7. The zero-order chi connectivity index (χ0) is 21.5. The monoisotopic (exact) mass is 500 g/mol. The van der Waals surface area contributed by atoms with Crippen molar-refractivity contribution in [1.82, 2.24) is 0 Å². The van der Waals surface area contributed by atoms with Crippen LogP contribution in [0.5, 0.6) is 0 Å². The summed E-state index contributed by atoms with van der Waals surface area (Å²) < 4.78 is 1.92. The number of rotatable bonds is 4. The first kappa shape index (κ1) is 21.1. The molecule has 0 spiro atoms. The van der Waals surface area contributed by atoms with Crippen LogP contribution in [-0.4, -0.2) is 6.54 Å². The van der Waals surface area contributed by atoms with Gasteiger partial charge in [-0.15, -0.1) is 0 Å². The molecule has 0 aliphatic carbocycles. The Morgan fingerprint density at radius 2 is 1.63 bits per heavy atom. The lowest BCUT2D eigenvalue weighted by molar-refractivity contribution is 0.969. The van der Waals surface area contributed by atoms with Gasteiger partial charge >= 0.3 is 0 Å². The van der Waals surface area contributed by atoms with Crippen molar-refractivity contribution in [2.45, 2.75) is 6.92 Å². The second kappa shape index (κ2) is 9.74. The third kappa shape index (κ3) is 3.92. The summed E-state index contributed by atoms with van der Waals surface area (Å²) in [5, 5.41) is 29.4.